The van der Waals surface area contributed by atoms with Gasteiger partial charge in [0, 0.05) is 0 Å². The molecule has 0 fully saturated rings. The summed E-state index contributed by atoms with van der Waals surface area (Å²) in [6, 6.07) is 6.37. The van der Waals surface area contributed by atoms with Crippen molar-refractivity contribution in [3.63, 3.8) is 0 Å². The molecule has 2 rings (SSSR count). The molecule has 0 aliphatic carbocycles. The predicted octanol–water partition coefficient (Wildman–Crippen LogP) is 4.26. The average Bonchev–Trinajstić information content (AvgIpc) is 2.48. The minimum Gasteiger partial charge on any atom is -0.506 e. The smallest absolute Gasteiger partial charge is 0.320 e. The molecule has 0 unspecified atom stereocenters. The van der Waals surface area contributed by atoms with Crippen LogP contribution in [0.25, 0.3) is 0 Å². The number of hydrogen-bond acceptors (Lipinski definition) is 4. The van der Waals surface area contributed by atoms with E-state index in [1.54, 1.807) is 12.1 Å². The summed E-state index contributed by atoms with van der Waals surface area (Å²) in [6.07, 6.45) is 0.265. The molecule has 0 aliphatic rings. The maximum Gasteiger partial charge on any atom is 0.320 e. The molecule has 0 radical (unpaired) electrons. The number of aryl methyl sites for hydroxylation is 1. The minimum absolute atomic E-state index is 0.243. The second-order valence-corrected chi connectivity index (χ2v) is 8.70. The first-order chi connectivity index (χ1) is 11.2. The van der Waals surface area contributed by atoms with E-state index in [2.05, 4.69) is 67.8 Å². The zero-order chi connectivity index (χ0) is 18.0. The van der Waals surface area contributed by atoms with Crippen LogP contribution in [0.1, 0.15) is 11.1 Å². The molecular formula is C16H14I3NO4. The molecule has 2 aromatic carbocycles. The summed E-state index contributed by atoms with van der Waals surface area (Å²) in [6.45, 7) is 1.91. The van der Waals surface area contributed by atoms with Gasteiger partial charge in [0.15, 0.2) is 0 Å². The Labute approximate surface area is 180 Å². The number of rotatable bonds is 5. The Hall–Kier alpha value is -0.340. The fraction of sp³-hybridized carbons (Fsp3) is 0.188. The number of aliphatic carboxylic acids is 1. The van der Waals surface area contributed by atoms with Crippen LogP contribution >= 0.6 is 67.8 Å². The van der Waals surface area contributed by atoms with Crippen LogP contribution in [-0.2, 0) is 11.2 Å². The van der Waals surface area contributed by atoms with Gasteiger partial charge in [0.1, 0.15) is 23.3 Å². The van der Waals surface area contributed by atoms with Gasteiger partial charge in [-0.05, 0) is 110 Å². The molecule has 0 aromatic heterocycles. The van der Waals surface area contributed by atoms with Gasteiger partial charge in [0.25, 0.3) is 0 Å². The highest BCUT2D eigenvalue weighted by atomic mass is 127. The molecule has 128 valence electrons. The molecule has 0 heterocycles. The Morgan fingerprint density at radius 2 is 1.75 bits per heavy atom. The minimum atomic E-state index is -1.02. The molecule has 1 atom stereocenters. The van der Waals surface area contributed by atoms with Crippen molar-refractivity contribution in [3.8, 4) is 17.2 Å². The number of halogens is 3. The van der Waals surface area contributed by atoms with E-state index >= 15 is 0 Å². The molecule has 0 saturated carbocycles. The summed E-state index contributed by atoms with van der Waals surface area (Å²) in [5, 5.41) is 18.8. The van der Waals surface area contributed by atoms with Gasteiger partial charge in [0.05, 0.1) is 10.7 Å². The molecule has 0 aliphatic heterocycles. The van der Waals surface area contributed by atoms with Crippen molar-refractivity contribution in [2.24, 2.45) is 5.73 Å². The lowest BCUT2D eigenvalue weighted by Crippen LogP contribution is -2.32. The average molecular weight is 665 g/mol. The van der Waals surface area contributed by atoms with Crippen LogP contribution in [0.4, 0.5) is 0 Å². The summed E-state index contributed by atoms with van der Waals surface area (Å²) in [5.74, 6) is 0.572. The van der Waals surface area contributed by atoms with Crippen molar-refractivity contribution in [1.29, 1.82) is 0 Å². The highest BCUT2D eigenvalue weighted by molar-refractivity contribution is 14.1. The van der Waals surface area contributed by atoms with Crippen LogP contribution in [0.15, 0.2) is 24.3 Å². The second kappa shape index (κ2) is 8.36. The number of nitrogens with two attached hydrogens (primary N) is 1. The van der Waals surface area contributed by atoms with E-state index in [-0.39, 0.29) is 12.2 Å². The van der Waals surface area contributed by atoms with Gasteiger partial charge in [0.2, 0.25) is 0 Å². The predicted molar refractivity (Wildman–Crippen MR) is 117 cm³/mol. The van der Waals surface area contributed by atoms with Gasteiger partial charge in [-0.3, -0.25) is 4.79 Å². The number of benzene rings is 2. The normalized spacial score (nSPS) is 12.0. The monoisotopic (exact) mass is 665 g/mol. The molecule has 4 N–H and O–H groups in total. The van der Waals surface area contributed by atoms with Gasteiger partial charge in [-0.15, -0.1) is 0 Å². The molecule has 0 saturated heterocycles. The van der Waals surface area contributed by atoms with E-state index in [0.717, 1.165) is 14.7 Å². The molecule has 0 bridgehead atoms. The maximum atomic E-state index is 10.9. The van der Waals surface area contributed by atoms with E-state index in [0.29, 0.717) is 18.6 Å². The first-order valence-electron chi connectivity index (χ1n) is 6.82. The summed E-state index contributed by atoms with van der Waals surface area (Å²) in [5.41, 5.74) is 7.35. The van der Waals surface area contributed by atoms with Crippen LogP contribution in [0.3, 0.4) is 0 Å². The largest absolute Gasteiger partial charge is 0.506 e. The lowest BCUT2D eigenvalue weighted by molar-refractivity contribution is -0.138. The van der Waals surface area contributed by atoms with Crippen molar-refractivity contribution in [2.45, 2.75) is 19.4 Å². The van der Waals surface area contributed by atoms with Crippen molar-refractivity contribution < 1.29 is 19.7 Å². The SMILES string of the molecule is Cc1cc(C[C@H](N)C(=O)O)cc(I)c1Oc1cc(I)c(O)c(I)c1. The van der Waals surface area contributed by atoms with Gasteiger partial charge in [-0.25, -0.2) is 0 Å². The highest BCUT2D eigenvalue weighted by Crippen LogP contribution is 2.36. The molecule has 0 spiro atoms. The molecule has 5 nitrogen and oxygen atoms in total. The van der Waals surface area contributed by atoms with Gasteiger partial charge in [-0.2, -0.15) is 0 Å². The third-order valence-electron chi connectivity index (χ3n) is 3.27. The zero-order valence-electron chi connectivity index (χ0n) is 12.5. The summed E-state index contributed by atoms with van der Waals surface area (Å²) in [4.78, 5) is 10.9. The van der Waals surface area contributed by atoms with Crippen LogP contribution < -0.4 is 10.5 Å². The summed E-state index contributed by atoms with van der Waals surface area (Å²) < 4.78 is 8.29. The van der Waals surface area contributed by atoms with Gasteiger partial charge in [-0.1, -0.05) is 6.07 Å². The summed E-state index contributed by atoms with van der Waals surface area (Å²) >= 11 is 6.27. The van der Waals surface area contributed by atoms with Crippen molar-refractivity contribution in [2.75, 3.05) is 0 Å². The Morgan fingerprint density at radius 3 is 2.25 bits per heavy atom. The number of carboxylic acids is 1. The lowest BCUT2D eigenvalue weighted by Gasteiger charge is -2.15. The van der Waals surface area contributed by atoms with E-state index in [1.165, 1.54) is 0 Å². The number of carboxylic acid groups (broad SMARTS) is 1. The quantitative estimate of drug-likeness (QED) is 0.416. The second-order valence-electron chi connectivity index (χ2n) is 5.21. The first-order valence-corrected chi connectivity index (χ1v) is 10.1. The summed E-state index contributed by atoms with van der Waals surface area (Å²) in [7, 11) is 0. The Bertz CT molecular complexity index is 749. The molecular weight excluding hydrogens is 651 g/mol. The van der Waals surface area contributed by atoms with Crippen LogP contribution in [0.5, 0.6) is 17.2 Å². The maximum absolute atomic E-state index is 10.9. The number of carbonyl (C=O) groups is 1. The third kappa shape index (κ3) is 4.85. The molecule has 0 amide bonds. The number of phenols is 1. The van der Waals surface area contributed by atoms with E-state index in [4.69, 9.17) is 15.6 Å². The lowest BCUT2D eigenvalue weighted by atomic mass is 10.0. The fourth-order valence-electron chi connectivity index (χ4n) is 2.11. The van der Waals surface area contributed by atoms with Crippen LogP contribution in [-0.4, -0.2) is 22.2 Å². The topological polar surface area (TPSA) is 92.8 Å². The van der Waals surface area contributed by atoms with E-state index in [1.807, 2.05) is 19.1 Å². The number of phenolic OH excluding ortho intramolecular Hbond substituents is 1. The highest BCUT2D eigenvalue weighted by Gasteiger charge is 2.16. The van der Waals surface area contributed by atoms with Gasteiger partial charge < -0.3 is 20.7 Å². The van der Waals surface area contributed by atoms with Crippen molar-refractivity contribution in [1.82, 2.24) is 0 Å². The van der Waals surface area contributed by atoms with Crippen LogP contribution in [0.2, 0.25) is 0 Å². The van der Waals surface area contributed by atoms with Crippen molar-refractivity contribution in [3.05, 3.63) is 46.1 Å². The molecule has 24 heavy (non-hydrogen) atoms. The third-order valence-corrected chi connectivity index (χ3v) is 5.72. The Kier molecular flexibility index (Phi) is 6.96. The van der Waals surface area contributed by atoms with E-state index < -0.39 is 12.0 Å². The fourth-order valence-corrected chi connectivity index (χ4v) is 4.76. The number of hydrogen-bond donors (Lipinski definition) is 3. The first kappa shape index (κ1) is 20.0. The molecule has 8 heteroatoms. The van der Waals surface area contributed by atoms with Crippen molar-refractivity contribution >= 4 is 73.7 Å². The number of ether oxygens (including phenoxy) is 1. The molecule has 2 aromatic rings. The Morgan fingerprint density at radius 1 is 1.17 bits per heavy atom. The zero-order valence-corrected chi connectivity index (χ0v) is 19.0. The Balaban J connectivity index is 2.30. The van der Waals surface area contributed by atoms with Crippen LogP contribution in [0, 0.1) is 17.6 Å². The van der Waals surface area contributed by atoms with Gasteiger partial charge >= 0.3 is 5.97 Å². The number of aromatic hydroxyl groups is 1. The van der Waals surface area contributed by atoms with E-state index in [9.17, 15) is 9.90 Å². The standard InChI is InChI=1S/C16H14I3NO4/c1-7-2-8(4-13(20)16(22)23)3-12(19)15(7)24-9-5-10(17)14(21)11(18)6-9/h2-3,5-6,13,21H,4,20H2,1H3,(H,22,23)/t13-/m0/s1.